The number of aromatic nitrogens is 1. The summed E-state index contributed by atoms with van der Waals surface area (Å²) >= 11 is 0. The van der Waals surface area contributed by atoms with Crippen LogP contribution in [-0.4, -0.2) is 32.1 Å². The SMILES string of the molecule is O=C(O)c1nc(-c2ccc(F)cc2[N+](=O)[O-])oc1C(=O)O. The van der Waals surface area contributed by atoms with Gasteiger partial charge in [0.2, 0.25) is 17.3 Å². The van der Waals surface area contributed by atoms with Crippen LogP contribution >= 0.6 is 0 Å². The number of carboxylic acid groups (broad SMARTS) is 2. The van der Waals surface area contributed by atoms with Crippen molar-refractivity contribution < 1.29 is 33.5 Å². The number of oxazole rings is 1. The monoisotopic (exact) mass is 296 g/mol. The maximum absolute atomic E-state index is 13.0. The normalized spacial score (nSPS) is 10.3. The smallest absolute Gasteiger partial charge is 0.374 e. The van der Waals surface area contributed by atoms with E-state index in [2.05, 4.69) is 4.98 Å². The molecule has 0 saturated heterocycles. The number of nitro benzene ring substituents is 1. The molecule has 2 aromatic rings. The van der Waals surface area contributed by atoms with Crippen LogP contribution in [0, 0.1) is 15.9 Å². The minimum absolute atomic E-state index is 0.337. The van der Waals surface area contributed by atoms with E-state index in [-0.39, 0.29) is 5.56 Å². The molecule has 0 aliphatic rings. The summed E-state index contributed by atoms with van der Waals surface area (Å²) in [4.78, 5) is 35.0. The first-order valence-electron chi connectivity index (χ1n) is 5.23. The molecule has 21 heavy (non-hydrogen) atoms. The van der Waals surface area contributed by atoms with Gasteiger partial charge in [0.15, 0.2) is 0 Å². The third-order valence-electron chi connectivity index (χ3n) is 2.41. The van der Waals surface area contributed by atoms with Gasteiger partial charge in [0.25, 0.3) is 5.69 Å². The number of hydrogen-bond acceptors (Lipinski definition) is 6. The lowest BCUT2D eigenvalue weighted by molar-refractivity contribution is -0.384. The standard InChI is InChI=1S/C11H5FN2O7/c12-4-1-2-5(6(3-4)14(19)20)9-13-7(10(15)16)8(21-9)11(17)18/h1-3H,(H,15,16)(H,17,18). The van der Waals surface area contributed by atoms with Gasteiger partial charge in [-0.1, -0.05) is 0 Å². The summed E-state index contributed by atoms with van der Waals surface area (Å²) in [5.74, 6) is -5.84. The van der Waals surface area contributed by atoms with Crippen LogP contribution in [0.15, 0.2) is 22.6 Å². The van der Waals surface area contributed by atoms with E-state index in [1.807, 2.05) is 0 Å². The van der Waals surface area contributed by atoms with Gasteiger partial charge < -0.3 is 14.6 Å². The highest BCUT2D eigenvalue weighted by Crippen LogP contribution is 2.31. The molecule has 0 aliphatic heterocycles. The molecule has 1 aromatic carbocycles. The fourth-order valence-electron chi connectivity index (χ4n) is 1.56. The third-order valence-corrected chi connectivity index (χ3v) is 2.41. The molecule has 0 radical (unpaired) electrons. The number of aromatic carboxylic acids is 2. The average molecular weight is 296 g/mol. The molecule has 2 rings (SSSR count). The number of carboxylic acids is 2. The molecule has 1 heterocycles. The first kappa shape index (κ1) is 14.1. The Morgan fingerprint density at radius 2 is 1.95 bits per heavy atom. The topological polar surface area (TPSA) is 144 Å². The van der Waals surface area contributed by atoms with Crippen LogP contribution in [0.3, 0.4) is 0 Å². The molecule has 0 amide bonds. The van der Waals surface area contributed by atoms with E-state index in [9.17, 15) is 24.1 Å². The van der Waals surface area contributed by atoms with Crippen LogP contribution in [0.1, 0.15) is 21.0 Å². The van der Waals surface area contributed by atoms with Crippen molar-refractivity contribution in [3.8, 4) is 11.5 Å². The lowest BCUT2D eigenvalue weighted by Gasteiger charge is -1.98. The van der Waals surface area contributed by atoms with E-state index in [0.717, 1.165) is 12.1 Å². The van der Waals surface area contributed by atoms with Crippen LogP contribution in [-0.2, 0) is 0 Å². The molecule has 2 N–H and O–H groups in total. The second-order valence-electron chi connectivity index (χ2n) is 3.73. The summed E-state index contributed by atoms with van der Waals surface area (Å²) in [5, 5.41) is 28.5. The van der Waals surface area contributed by atoms with Crippen LogP contribution in [0.5, 0.6) is 0 Å². The van der Waals surface area contributed by atoms with E-state index in [0.29, 0.717) is 6.07 Å². The zero-order chi connectivity index (χ0) is 15.7. The molecule has 1 aromatic heterocycles. The second kappa shape index (κ2) is 5.00. The van der Waals surface area contributed by atoms with Gasteiger partial charge in [-0.25, -0.2) is 19.0 Å². The van der Waals surface area contributed by atoms with Crippen LogP contribution < -0.4 is 0 Å². The molecule has 0 bridgehead atoms. The number of nitro groups is 1. The Morgan fingerprint density at radius 1 is 1.29 bits per heavy atom. The molecule has 9 nitrogen and oxygen atoms in total. The minimum atomic E-state index is -1.70. The highest BCUT2D eigenvalue weighted by atomic mass is 19.1. The summed E-state index contributed by atoms with van der Waals surface area (Å²) in [5.41, 5.74) is -1.97. The Balaban J connectivity index is 2.68. The van der Waals surface area contributed by atoms with Crippen molar-refractivity contribution in [1.29, 1.82) is 0 Å². The molecule has 0 fully saturated rings. The fraction of sp³-hybridized carbons (Fsp3) is 0. The molecule has 0 spiro atoms. The molecule has 108 valence electrons. The Labute approximate surface area is 114 Å². The molecular weight excluding hydrogens is 291 g/mol. The number of benzene rings is 1. The van der Waals surface area contributed by atoms with Crippen molar-refractivity contribution in [3.63, 3.8) is 0 Å². The first-order chi connectivity index (χ1) is 9.81. The van der Waals surface area contributed by atoms with Gasteiger partial charge in [-0.15, -0.1) is 0 Å². The van der Waals surface area contributed by atoms with Gasteiger partial charge in [0.05, 0.1) is 11.0 Å². The van der Waals surface area contributed by atoms with Gasteiger partial charge in [-0.3, -0.25) is 10.1 Å². The Morgan fingerprint density at radius 3 is 2.43 bits per heavy atom. The van der Waals surface area contributed by atoms with Crippen molar-refractivity contribution in [1.82, 2.24) is 4.98 Å². The molecule has 0 saturated carbocycles. The van der Waals surface area contributed by atoms with Crippen LogP contribution in [0.2, 0.25) is 0 Å². The lowest BCUT2D eigenvalue weighted by atomic mass is 10.2. The van der Waals surface area contributed by atoms with Crippen LogP contribution in [0.4, 0.5) is 10.1 Å². The Hall–Kier alpha value is -3.30. The number of hydrogen-bond donors (Lipinski definition) is 2. The van der Waals surface area contributed by atoms with Crippen molar-refractivity contribution in [3.05, 3.63) is 45.6 Å². The maximum Gasteiger partial charge on any atom is 0.374 e. The van der Waals surface area contributed by atoms with Gasteiger partial charge in [0, 0.05) is 0 Å². The van der Waals surface area contributed by atoms with Crippen LogP contribution in [0.25, 0.3) is 11.5 Å². The number of nitrogens with zero attached hydrogens (tertiary/aromatic N) is 2. The summed E-state index contributed by atoms with van der Waals surface area (Å²) in [6.45, 7) is 0. The zero-order valence-corrected chi connectivity index (χ0v) is 9.94. The molecule has 0 aliphatic carbocycles. The van der Waals surface area contributed by atoms with Gasteiger partial charge in [-0.05, 0) is 12.1 Å². The second-order valence-corrected chi connectivity index (χ2v) is 3.73. The number of rotatable bonds is 4. The van der Waals surface area contributed by atoms with E-state index < -0.39 is 45.7 Å². The fourth-order valence-corrected chi connectivity index (χ4v) is 1.56. The van der Waals surface area contributed by atoms with E-state index in [1.54, 1.807) is 0 Å². The first-order valence-corrected chi connectivity index (χ1v) is 5.23. The molecule has 0 atom stereocenters. The zero-order valence-electron chi connectivity index (χ0n) is 9.94. The predicted molar refractivity (Wildman–Crippen MR) is 62.5 cm³/mol. The van der Waals surface area contributed by atoms with Gasteiger partial charge in [-0.2, -0.15) is 0 Å². The summed E-state index contributed by atoms with van der Waals surface area (Å²) < 4.78 is 17.8. The Bertz CT molecular complexity index is 736. The third kappa shape index (κ3) is 2.54. The predicted octanol–water partition coefficient (Wildman–Crippen LogP) is 1.79. The van der Waals surface area contributed by atoms with E-state index >= 15 is 0 Å². The molecule has 10 heteroatoms. The molecule has 0 unspecified atom stereocenters. The quantitative estimate of drug-likeness (QED) is 0.641. The average Bonchev–Trinajstić information content (AvgIpc) is 2.83. The lowest BCUT2D eigenvalue weighted by Crippen LogP contribution is -2.05. The maximum atomic E-state index is 13.0. The van der Waals surface area contributed by atoms with Gasteiger partial charge in [0.1, 0.15) is 11.4 Å². The highest BCUT2D eigenvalue weighted by Gasteiger charge is 2.28. The Kier molecular flexibility index (Phi) is 3.36. The van der Waals surface area contributed by atoms with E-state index in [1.165, 1.54) is 0 Å². The number of carbonyl (C=O) groups is 2. The van der Waals surface area contributed by atoms with Gasteiger partial charge >= 0.3 is 11.9 Å². The van der Waals surface area contributed by atoms with Crippen molar-refractivity contribution in [2.75, 3.05) is 0 Å². The molecular formula is C11H5FN2O7. The van der Waals surface area contributed by atoms with Crippen molar-refractivity contribution >= 4 is 17.6 Å². The van der Waals surface area contributed by atoms with Crippen molar-refractivity contribution in [2.45, 2.75) is 0 Å². The summed E-state index contributed by atoms with van der Waals surface area (Å²) in [6.07, 6.45) is 0. The summed E-state index contributed by atoms with van der Waals surface area (Å²) in [6, 6.07) is 2.39. The van der Waals surface area contributed by atoms with E-state index in [4.69, 9.17) is 14.6 Å². The number of halogens is 1. The highest BCUT2D eigenvalue weighted by molar-refractivity contribution is 5.98. The largest absolute Gasteiger partial charge is 0.476 e. The summed E-state index contributed by atoms with van der Waals surface area (Å²) in [7, 11) is 0. The minimum Gasteiger partial charge on any atom is -0.476 e. The van der Waals surface area contributed by atoms with Crippen molar-refractivity contribution in [2.24, 2.45) is 0 Å².